The highest BCUT2D eigenvalue weighted by atomic mass is 35.5. The minimum absolute atomic E-state index is 0.105. The number of rotatable bonds is 5. The van der Waals surface area contributed by atoms with E-state index in [0.717, 1.165) is 18.2 Å². The second-order valence-corrected chi connectivity index (χ2v) is 11.7. The van der Waals surface area contributed by atoms with Gasteiger partial charge < -0.3 is 15.4 Å². The largest absolute Gasteiger partial charge is 0.488 e. The van der Waals surface area contributed by atoms with Gasteiger partial charge in [-0.15, -0.1) is 0 Å². The Kier molecular flexibility index (Phi) is 7.50. The summed E-state index contributed by atoms with van der Waals surface area (Å²) < 4.78 is 50.7. The van der Waals surface area contributed by atoms with Crippen LogP contribution >= 0.6 is 34.8 Å². The summed E-state index contributed by atoms with van der Waals surface area (Å²) in [5, 5.41) is 6.52. The number of carbonyl (C=O) groups excluding carboxylic acids is 2. The first-order valence-corrected chi connectivity index (χ1v) is 14.2. The second kappa shape index (κ2) is 11.0. The van der Waals surface area contributed by atoms with Crippen molar-refractivity contribution in [2.75, 3.05) is 5.32 Å². The van der Waals surface area contributed by atoms with Gasteiger partial charge in [-0.05, 0) is 72.2 Å². The Morgan fingerprint density at radius 2 is 1.76 bits per heavy atom. The number of piperidine rings is 1. The molecule has 0 saturated carbocycles. The number of halogens is 6. The molecule has 11 heteroatoms. The third-order valence-electron chi connectivity index (χ3n) is 8.14. The molecule has 3 aromatic carbocycles. The molecule has 5 nitrogen and oxygen atoms in total. The van der Waals surface area contributed by atoms with Crippen LogP contribution in [0.25, 0.3) is 0 Å². The molecule has 0 radical (unpaired) electrons. The maximum atomic E-state index is 15.5. The number of fused-ring (bicyclic) bond motifs is 2. The zero-order valence-corrected chi connectivity index (χ0v) is 23.9. The number of hydrogen-bond donors (Lipinski definition) is 2. The minimum Gasteiger partial charge on any atom is -0.488 e. The number of amides is 2. The fraction of sp³-hybridized carbons (Fsp3) is 0.226. The van der Waals surface area contributed by atoms with Crippen molar-refractivity contribution in [3.05, 3.63) is 116 Å². The van der Waals surface area contributed by atoms with Gasteiger partial charge in [0.05, 0.1) is 11.1 Å². The highest BCUT2D eigenvalue weighted by Crippen LogP contribution is 2.58. The summed E-state index contributed by atoms with van der Waals surface area (Å²) in [4.78, 5) is 27.5. The van der Waals surface area contributed by atoms with Gasteiger partial charge in [-0.2, -0.15) is 0 Å². The molecule has 1 fully saturated rings. The molecule has 3 aliphatic rings. The lowest BCUT2D eigenvalue weighted by Gasteiger charge is -2.49. The van der Waals surface area contributed by atoms with Crippen LogP contribution in [0.15, 0.2) is 78.7 Å². The van der Waals surface area contributed by atoms with Crippen molar-refractivity contribution >= 4 is 52.3 Å². The molecular formula is C31H22Cl3F3N2O3. The van der Waals surface area contributed by atoms with E-state index in [1.54, 1.807) is 24.3 Å². The third-order valence-corrected chi connectivity index (χ3v) is 8.97. The van der Waals surface area contributed by atoms with E-state index in [4.69, 9.17) is 39.5 Å². The van der Waals surface area contributed by atoms with E-state index in [1.807, 2.05) is 0 Å². The van der Waals surface area contributed by atoms with Crippen molar-refractivity contribution in [1.82, 2.24) is 5.32 Å². The molecule has 6 rings (SSSR count). The fourth-order valence-electron chi connectivity index (χ4n) is 6.33. The van der Waals surface area contributed by atoms with Crippen molar-refractivity contribution in [1.29, 1.82) is 0 Å². The van der Waals surface area contributed by atoms with Gasteiger partial charge in [0.2, 0.25) is 11.8 Å². The van der Waals surface area contributed by atoms with E-state index in [-0.39, 0.29) is 39.9 Å². The zero-order chi connectivity index (χ0) is 29.8. The molecule has 2 heterocycles. The highest BCUT2D eigenvalue weighted by molar-refractivity contribution is 6.31. The molecule has 2 N–H and O–H groups in total. The predicted octanol–water partition coefficient (Wildman–Crippen LogP) is 7.81. The number of alkyl halides is 1. The predicted molar refractivity (Wildman–Crippen MR) is 155 cm³/mol. The molecule has 2 aliphatic heterocycles. The van der Waals surface area contributed by atoms with Gasteiger partial charge in [0, 0.05) is 39.2 Å². The van der Waals surface area contributed by atoms with E-state index >= 15 is 4.39 Å². The molecule has 42 heavy (non-hydrogen) atoms. The average Bonchev–Trinajstić information content (AvgIpc) is 3.22. The molecular weight excluding hydrogens is 612 g/mol. The summed E-state index contributed by atoms with van der Waals surface area (Å²) in [6.07, 6.45) is 1.28. The fourth-order valence-corrected chi connectivity index (χ4v) is 6.90. The molecule has 0 bridgehead atoms. The lowest BCUT2D eigenvalue weighted by Crippen LogP contribution is -2.60. The van der Waals surface area contributed by atoms with Crippen LogP contribution in [0.5, 0.6) is 5.75 Å². The molecule has 216 valence electrons. The topological polar surface area (TPSA) is 67.4 Å². The summed E-state index contributed by atoms with van der Waals surface area (Å²) in [6, 6.07) is 12.5. The quantitative estimate of drug-likeness (QED) is 0.301. The van der Waals surface area contributed by atoms with Gasteiger partial charge in [-0.1, -0.05) is 46.9 Å². The first kappa shape index (κ1) is 28.6. The van der Waals surface area contributed by atoms with Gasteiger partial charge in [-0.25, -0.2) is 13.2 Å². The molecule has 1 aliphatic carbocycles. The summed E-state index contributed by atoms with van der Waals surface area (Å²) in [6.45, 7) is -0.274. The maximum Gasteiger partial charge on any atom is 0.237 e. The molecule has 1 spiro atoms. The minimum atomic E-state index is -1.67. The number of ether oxygens (including phenoxy) is 1. The standard InChI is InChI=1S/C31H22Cl3F3N2O3/c32-15-5-9-27(42-14-20-23(34)2-1-3-24(20)36)19(10-15)29-31(21-7-4-16(33)11-26(21)38-30(31)41)22(13-28(40)39-29)18-12-17(35)6-8-25(18)37/h1-12,18,22,25,29H,13-14H2,(H,38,41)(H,39,40)/t18?,22-,25?,29+,31-/m0/s1. The van der Waals surface area contributed by atoms with Crippen LogP contribution in [0.2, 0.25) is 15.1 Å². The number of nitrogens with one attached hydrogen (secondary N) is 2. The van der Waals surface area contributed by atoms with Crippen molar-refractivity contribution in [3.8, 4) is 5.75 Å². The smallest absolute Gasteiger partial charge is 0.237 e. The first-order chi connectivity index (χ1) is 20.1. The van der Waals surface area contributed by atoms with Crippen LogP contribution in [-0.4, -0.2) is 18.0 Å². The SMILES string of the molecule is O=C1C[C@@H](C2C=C(F)C=CC2F)[C@]2(C(=O)Nc3cc(Cl)ccc32)[C@@H](c2cc(Cl)ccc2OCc2c(F)cccc2Cl)N1. The number of benzene rings is 3. The summed E-state index contributed by atoms with van der Waals surface area (Å²) in [7, 11) is 0. The van der Waals surface area contributed by atoms with Gasteiger partial charge in [0.25, 0.3) is 0 Å². The number of anilines is 1. The summed E-state index contributed by atoms with van der Waals surface area (Å²) in [5.74, 6) is -4.27. The van der Waals surface area contributed by atoms with E-state index in [0.29, 0.717) is 16.3 Å². The van der Waals surface area contributed by atoms with Gasteiger partial charge in [0.1, 0.15) is 35.6 Å². The number of allylic oxidation sites excluding steroid dienone is 4. The summed E-state index contributed by atoms with van der Waals surface area (Å²) >= 11 is 18.9. The molecule has 5 atom stereocenters. The Bertz CT molecular complexity index is 1660. The Hall–Kier alpha value is -3.46. The Labute approximate surface area is 254 Å². The average molecular weight is 634 g/mol. The second-order valence-electron chi connectivity index (χ2n) is 10.4. The molecule has 2 unspecified atom stereocenters. The van der Waals surface area contributed by atoms with Crippen LogP contribution in [0.1, 0.15) is 29.2 Å². The molecule has 1 saturated heterocycles. The first-order valence-electron chi connectivity index (χ1n) is 13.0. The lowest BCUT2D eigenvalue weighted by molar-refractivity contribution is -0.135. The molecule has 2 amide bonds. The molecule has 0 aromatic heterocycles. The van der Waals surface area contributed by atoms with Gasteiger partial charge in [-0.3, -0.25) is 9.59 Å². The van der Waals surface area contributed by atoms with Crippen LogP contribution in [0.3, 0.4) is 0 Å². The van der Waals surface area contributed by atoms with Gasteiger partial charge in [0.15, 0.2) is 0 Å². The third kappa shape index (κ3) is 4.75. The maximum absolute atomic E-state index is 15.5. The normalized spacial score (nSPS) is 26.5. The van der Waals surface area contributed by atoms with Crippen molar-refractivity contribution in [2.24, 2.45) is 11.8 Å². The van der Waals surface area contributed by atoms with Crippen molar-refractivity contribution in [3.63, 3.8) is 0 Å². The van der Waals surface area contributed by atoms with E-state index < -0.39 is 52.9 Å². The lowest BCUT2D eigenvalue weighted by atomic mass is 9.56. The Morgan fingerprint density at radius 1 is 1.00 bits per heavy atom. The van der Waals surface area contributed by atoms with E-state index in [2.05, 4.69) is 10.6 Å². The van der Waals surface area contributed by atoms with Crippen LogP contribution in [0.4, 0.5) is 18.9 Å². The number of hydrogen-bond acceptors (Lipinski definition) is 3. The van der Waals surface area contributed by atoms with Gasteiger partial charge >= 0.3 is 0 Å². The van der Waals surface area contributed by atoms with E-state index in [1.165, 1.54) is 30.3 Å². The Balaban J connectivity index is 1.54. The highest BCUT2D eigenvalue weighted by Gasteiger charge is 2.63. The monoisotopic (exact) mass is 632 g/mol. The molecule has 3 aromatic rings. The van der Waals surface area contributed by atoms with Crippen LogP contribution in [0, 0.1) is 17.7 Å². The Morgan fingerprint density at radius 3 is 2.55 bits per heavy atom. The summed E-state index contributed by atoms with van der Waals surface area (Å²) in [5.41, 5.74) is -0.410. The van der Waals surface area contributed by atoms with Crippen molar-refractivity contribution < 1.29 is 27.5 Å². The van der Waals surface area contributed by atoms with Crippen LogP contribution in [-0.2, 0) is 21.6 Å². The van der Waals surface area contributed by atoms with Crippen molar-refractivity contribution in [2.45, 2.75) is 30.7 Å². The van der Waals surface area contributed by atoms with E-state index in [9.17, 15) is 18.4 Å². The number of carbonyl (C=O) groups is 2. The van der Waals surface area contributed by atoms with Crippen LogP contribution < -0.4 is 15.4 Å². The zero-order valence-electron chi connectivity index (χ0n) is 21.6.